The molecule has 2 heterocycles. The number of rotatable bonds is 3. The van der Waals surface area contributed by atoms with E-state index in [2.05, 4.69) is 15.5 Å². The zero-order valence-electron chi connectivity index (χ0n) is 12.4. The number of pyridine rings is 1. The van der Waals surface area contributed by atoms with Crippen LogP contribution in [0.5, 0.6) is 0 Å². The number of fused-ring (bicyclic) bond motifs is 1. The van der Waals surface area contributed by atoms with Crippen molar-refractivity contribution in [2.45, 2.75) is 6.04 Å². The number of benzene rings is 1. The Morgan fingerprint density at radius 1 is 1.20 bits per heavy atom. The van der Waals surface area contributed by atoms with Crippen molar-refractivity contribution < 1.29 is 19.3 Å². The number of carbonyl (C=O) groups excluding carboxylic acids is 3. The Kier molecular flexibility index (Phi) is 4.04. The van der Waals surface area contributed by atoms with E-state index in [1.807, 2.05) is 10.6 Å². The number of hydrogen-bond donors (Lipinski definition) is 3. The number of carbonyl (C=O) groups is 3. The highest BCUT2D eigenvalue weighted by molar-refractivity contribution is 6.19. The second-order valence-electron chi connectivity index (χ2n) is 4.94. The van der Waals surface area contributed by atoms with Crippen molar-refractivity contribution >= 4 is 34.6 Å². The molecule has 11 nitrogen and oxygen atoms in total. The van der Waals surface area contributed by atoms with E-state index in [4.69, 9.17) is 0 Å². The van der Waals surface area contributed by atoms with Gasteiger partial charge in [-0.25, -0.2) is 5.43 Å². The van der Waals surface area contributed by atoms with Gasteiger partial charge >= 0.3 is 17.9 Å². The highest BCUT2D eigenvalue weighted by Crippen LogP contribution is 2.15. The Morgan fingerprint density at radius 2 is 1.88 bits per heavy atom. The predicted octanol–water partition coefficient (Wildman–Crippen LogP) is -0.873. The van der Waals surface area contributed by atoms with E-state index >= 15 is 0 Å². The topological polar surface area (TPSA) is 156 Å². The molecule has 0 saturated carbocycles. The van der Waals surface area contributed by atoms with Crippen molar-refractivity contribution in [3.05, 3.63) is 52.2 Å². The SMILES string of the molecule is O=C(NN=C1NC(=O)C([N+](=O)[O-])C(=O)N1)c1ccnc2ccccc12. The molecule has 3 rings (SSSR count). The van der Waals surface area contributed by atoms with Gasteiger partial charge in [-0.3, -0.25) is 40.1 Å². The third kappa shape index (κ3) is 3.10. The summed E-state index contributed by atoms with van der Waals surface area (Å²) in [6.07, 6.45) is 1.45. The molecule has 0 spiro atoms. The van der Waals surface area contributed by atoms with Crippen molar-refractivity contribution in [1.29, 1.82) is 0 Å². The van der Waals surface area contributed by atoms with E-state index in [1.165, 1.54) is 12.3 Å². The fourth-order valence-electron chi connectivity index (χ4n) is 2.23. The Labute approximate surface area is 139 Å². The Balaban J connectivity index is 1.78. The second kappa shape index (κ2) is 6.31. The van der Waals surface area contributed by atoms with Crippen molar-refractivity contribution in [3.8, 4) is 0 Å². The number of nitrogens with zero attached hydrogens (tertiary/aromatic N) is 3. The van der Waals surface area contributed by atoms with E-state index in [-0.39, 0.29) is 5.56 Å². The van der Waals surface area contributed by atoms with Gasteiger partial charge in [0.15, 0.2) is 0 Å². The molecule has 0 atom stereocenters. The maximum atomic E-state index is 12.3. The lowest BCUT2D eigenvalue weighted by molar-refractivity contribution is -0.494. The van der Waals surface area contributed by atoms with Gasteiger partial charge in [-0.1, -0.05) is 18.2 Å². The average molecular weight is 342 g/mol. The van der Waals surface area contributed by atoms with E-state index in [9.17, 15) is 24.5 Å². The Hall–Kier alpha value is -3.89. The number of amides is 3. The van der Waals surface area contributed by atoms with Crippen LogP contribution in [0.4, 0.5) is 0 Å². The number of nitrogens with one attached hydrogen (secondary N) is 3. The van der Waals surface area contributed by atoms with Gasteiger partial charge in [-0.2, -0.15) is 0 Å². The molecule has 25 heavy (non-hydrogen) atoms. The van der Waals surface area contributed by atoms with Crippen LogP contribution in [-0.4, -0.2) is 39.6 Å². The number of guanidine groups is 1. The standard InChI is InChI=1S/C14H10N6O5/c21-11(8-5-6-15-9-4-2-1-3-7(8)9)18-19-14-16-12(22)10(20(24)25)13(23)17-14/h1-6,10H,(H,18,21)(H2,16,17,19,22,23). The number of nitro groups is 1. The molecule has 3 amide bonds. The third-order valence-electron chi connectivity index (χ3n) is 3.35. The van der Waals surface area contributed by atoms with Gasteiger partial charge in [0.2, 0.25) is 5.96 Å². The molecule has 1 aromatic carbocycles. The molecule has 3 N–H and O–H groups in total. The minimum atomic E-state index is -2.06. The smallest absolute Gasteiger partial charge is 0.288 e. The third-order valence-corrected chi connectivity index (χ3v) is 3.35. The summed E-state index contributed by atoms with van der Waals surface area (Å²) < 4.78 is 0. The van der Waals surface area contributed by atoms with E-state index < -0.39 is 34.6 Å². The van der Waals surface area contributed by atoms with Crippen LogP contribution < -0.4 is 16.1 Å². The molecular formula is C14H10N6O5. The summed E-state index contributed by atoms with van der Waals surface area (Å²) in [4.78, 5) is 49.0. The minimum Gasteiger partial charge on any atom is -0.288 e. The first-order valence-electron chi connectivity index (χ1n) is 6.94. The van der Waals surface area contributed by atoms with Crippen LogP contribution >= 0.6 is 0 Å². The minimum absolute atomic E-state index is 0.284. The van der Waals surface area contributed by atoms with Crippen LogP contribution in [0.3, 0.4) is 0 Å². The molecule has 11 heteroatoms. The zero-order valence-corrected chi connectivity index (χ0v) is 12.4. The van der Waals surface area contributed by atoms with Gasteiger partial charge in [0, 0.05) is 16.5 Å². The molecule has 1 aliphatic heterocycles. The molecule has 1 fully saturated rings. The first-order valence-corrected chi connectivity index (χ1v) is 6.94. The van der Waals surface area contributed by atoms with Gasteiger partial charge < -0.3 is 0 Å². The Bertz CT molecular complexity index is 915. The van der Waals surface area contributed by atoms with Crippen molar-refractivity contribution in [2.75, 3.05) is 0 Å². The highest BCUT2D eigenvalue weighted by atomic mass is 16.6. The van der Waals surface area contributed by atoms with Crippen LogP contribution in [0.1, 0.15) is 10.4 Å². The predicted molar refractivity (Wildman–Crippen MR) is 83.7 cm³/mol. The van der Waals surface area contributed by atoms with Crippen LogP contribution in [0, 0.1) is 10.1 Å². The lowest BCUT2D eigenvalue weighted by Crippen LogP contribution is -2.62. The average Bonchev–Trinajstić information content (AvgIpc) is 2.58. The fraction of sp³-hybridized carbons (Fsp3) is 0.0714. The number of aromatic nitrogens is 1. The molecule has 2 aromatic rings. The summed E-state index contributed by atoms with van der Waals surface area (Å²) in [5, 5.41) is 18.9. The fourth-order valence-corrected chi connectivity index (χ4v) is 2.23. The molecule has 126 valence electrons. The first kappa shape index (κ1) is 16.0. The number of hydrazone groups is 1. The molecule has 0 aliphatic carbocycles. The normalized spacial score (nSPS) is 16.8. The lowest BCUT2D eigenvalue weighted by atomic mass is 10.1. The maximum Gasteiger partial charge on any atom is 0.366 e. The monoisotopic (exact) mass is 342 g/mol. The van der Waals surface area contributed by atoms with E-state index in [0.29, 0.717) is 10.9 Å². The van der Waals surface area contributed by atoms with Gasteiger partial charge in [-0.15, -0.1) is 5.10 Å². The highest BCUT2D eigenvalue weighted by Gasteiger charge is 2.43. The van der Waals surface area contributed by atoms with Crippen LogP contribution in [0.2, 0.25) is 0 Å². The van der Waals surface area contributed by atoms with E-state index in [1.54, 1.807) is 24.3 Å². The lowest BCUT2D eigenvalue weighted by Gasteiger charge is -2.17. The summed E-state index contributed by atoms with van der Waals surface area (Å²) in [6.45, 7) is 0. The molecule has 0 bridgehead atoms. The van der Waals surface area contributed by atoms with Gasteiger partial charge in [0.25, 0.3) is 5.91 Å². The Morgan fingerprint density at radius 3 is 2.56 bits per heavy atom. The molecule has 0 unspecified atom stereocenters. The van der Waals surface area contributed by atoms with Gasteiger partial charge in [-0.05, 0) is 12.1 Å². The largest absolute Gasteiger partial charge is 0.366 e. The van der Waals surface area contributed by atoms with Gasteiger partial charge in [0.1, 0.15) is 0 Å². The summed E-state index contributed by atoms with van der Waals surface area (Å²) in [7, 11) is 0. The summed E-state index contributed by atoms with van der Waals surface area (Å²) in [5.74, 6) is -3.29. The van der Waals surface area contributed by atoms with Crippen LogP contribution in [0.25, 0.3) is 10.9 Å². The quantitative estimate of drug-likeness (QED) is 0.374. The molecule has 1 saturated heterocycles. The summed E-state index contributed by atoms with van der Waals surface area (Å²) >= 11 is 0. The number of para-hydroxylation sites is 1. The zero-order chi connectivity index (χ0) is 18.0. The number of hydrogen-bond acceptors (Lipinski definition) is 7. The second-order valence-corrected chi connectivity index (χ2v) is 4.94. The van der Waals surface area contributed by atoms with Crippen LogP contribution in [0.15, 0.2) is 41.6 Å². The molecular weight excluding hydrogens is 332 g/mol. The molecule has 0 radical (unpaired) electrons. The van der Waals surface area contributed by atoms with Crippen molar-refractivity contribution in [1.82, 2.24) is 21.0 Å². The van der Waals surface area contributed by atoms with Gasteiger partial charge in [0.05, 0.1) is 11.1 Å². The first-order chi connectivity index (χ1) is 12.0. The van der Waals surface area contributed by atoms with E-state index in [0.717, 1.165) is 0 Å². The maximum absolute atomic E-state index is 12.3. The molecule has 1 aliphatic rings. The summed E-state index contributed by atoms with van der Waals surface area (Å²) in [5.41, 5.74) is 3.06. The molecule has 1 aromatic heterocycles. The van der Waals surface area contributed by atoms with Crippen molar-refractivity contribution in [3.63, 3.8) is 0 Å². The van der Waals surface area contributed by atoms with Crippen LogP contribution in [-0.2, 0) is 9.59 Å². The van der Waals surface area contributed by atoms with Crippen molar-refractivity contribution in [2.24, 2.45) is 5.10 Å². The summed E-state index contributed by atoms with van der Waals surface area (Å²) in [6, 6.07) is 6.38.